The molecule has 6 aromatic rings. The average Bonchev–Trinajstić information content (AvgIpc) is 3.26. The summed E-state index contributed by atoms with van der Waals surface area (Å²) in [7, 11) is -3.18. The van der Waals surface area contributed by atoms with Crippen molar-refractivity contribution in [1.29, 1.82) is 0 Å². The molecule has 0 spiro atoms. The number of fused-ring (bicyclic) bond motifs is 2. The molecule has 12 nitrogen and oxygen atoms in total. The maximum Gasteiger partial charge on any atom is 0.399 e. The molecule has 0 unspecified atom stereocenters. The van der Waals surface area contributed by atoms with Crippen molar-refractivity contribution in [2.75, 3.05) is 21.3 Å². The van der Waals surface area contributed by atoms with Crippen molar-refractivity contribution >= 4 is 112 Å². The first-order chi connectivity index (χ1) is 28.9. The van der Waals surface area contributed by atoms with Gasteiger partial charge in [0, 0.05) is 58.8 Å². The Hall–Kier alpha value is -3.70. The van der Waals surface area contributed by atoms with Gasteiger partial charge in [0.05, 0.1) is 28.8 Å². The van der Waals surface area contributed by atoms with E-state index in [1.54, 1.807) is 18.3 Å². The summed E-state index contributed by atoms with van der Waals surface area (Å²) in [6.45, 7) is 7.64. The van der Waals surface area contributed by atoms with Crippen molar-refractivity contribution in [3.05, 3.63) is 175 Å². The SMILES string of the molecule is CC(I)I.COS(=O)(=O)OC.COS(=O)(=O)[O-].C[n+]1cccc2cc(/C=C/C(=O)c3ccccc3)ccc21.O=C(/C=C/c1ccc2ncccc2c1)c1ccccc1.[CH2-]CC.[V]. The minimum Gasteiger partial charge on any atom is -0.726 e. The van der Waals surface area contributed by atoms with Gasteiger partial charge < -0.3 is 11.5 Å². The fourth-order valence-electron chi connectivity index (χ4n) is 4.49. The van der Waals surface area contributed by atoms with Gasteiger partial charge in [-0.2, -0.15) is 14.8 Å². The Balaban J connectivity index is 0.000000835. The summed E-state index contributed by atoms with van der Waals surface area (Å²) in [6.07, 6.45) is 11.7. The van der Waals surface area contributed by atoms with Gasteiger partial charge in [0.15, 0.2) is 17.8 Å². The summed E-state index contributed by atoms with van der Waals surface area (Å²) in [5, 5.41) is 2.23. The topological polar surface area (TPSA) is 170 Å². The van der Waals surface area contributed by atoms with Crippen molar-refractivity contribution in [3.63, 3.8) is 0 Å². The number of hydrogen-bond donors (Lipinski definition) is 0. The normalized spacial score (nSPS) is 10.6. The number of aryl methyl sites for hydroxylation is 1. The maximum absolute atomic E-state index is 12.0. The van der Waals surface area contributed by atoms with Crippen LogP contribution in [0.25, 0.3) is 34.0 Å². The number of alkyl halides is 2. The van der Waals surface area contributed by atoms with Gasteiger partial charge in [-0.3, -0.25) is 27.1 Å². The summed E-state index contributed by atoms with van der Waals surface area (Å²) in [4.78, 5) is 28.3. The van der Waals surface area contributed by atoms with Gasteiger partial charge in [-0.15, -0.1) is 0 Å². The van der Waals surface area contributed by atoms with Crippen molar-refractivity contribution in [2.45, 2.75) is 22.2 Å². The smallest absolute Gasteiger partial charge is 0.399 e. The van der Waals surface area contributed by atoms with Crippen LogP contribution < -0.4 is 4.57 Å². The van der Waals surface area contributed by atoms with Gasteiger partial charge in [0.2, 0.25) is 15.9 Å². The van der Waals surface area contributed by atoms with Crippen LogP contribution in [-0.2, 0) is 59.0 Å². The monoisotopic (exact) mass is 1150 g/mol. The molecule has 0 aliphatic heterocycles. The van der Waals surface area contributed by atoms with Crippen LogP contribution in [-0.4, -0.2) is 61.2 Å². The first-order valence-corrected chi connectivity index (χ1v) is 23.3. The van der Waals surface area contributed by atoms with E-state index in [4.69, 9.17) is 0 Å². The molecule has 2 aromatic heterocycles. The van der Waals surface area contributed by atoms with Crippen LogP contribution >= 0.6 is 45.2 Å². The van der Waals surface area contributed by atoms with Crippen LogP contribution in [0, 0.1) is 6.92 Å². The number of hydrogen-bond acceptors (Lipinski definition) is 11. The number of benzene rings is 4. The second-order valence-corrected chi connectivity index (χ2v) is 20.6. The summed E-state index contributed by atoms with van der Waals surface area (Å²) in [6, 6.07) is 38.7. The van der Waals surface area contributed by atoms with E-state index in [-0.39, 0.29) is 30.1 Å². The standard InChI is InChI=1S/C19H16NO.C18H13NO.C3H7.C2H4I2.C2H6O4S.CH4O4S.V/c1-20-13-5-8-17-14-15(9-11-18(17)20)10-12-19(21)16-6-3-2-4-7-16;20-18(15-5-2-1-3-6-15)11-9-14-8-10-17-16(13-14)7-4-12-19-17;1-3-2;1-2(3)4;1-5-7(3,4)6-2;1-5-6(2,3)4;/h2-14H,1H3;1-13H;1,3H2,2H3;2H,1H3;1-2H3;1H3,(H,2,3,4);/q+1;;-1;;;;/p-1/b12-10+;11-9+;;;;;. The van der Waals surface area contributed by atoms with Gasteiger partial charge in [0.1, 0.15) is 7.05 Å². The molecule has 0 saturated heterocycles. The number of carbonyl (C=O) groups excluding carboxylic acids is 2. The number of allylic oxidation sites excluding steroid dienone is 2. The first-order valence-electron chi connectivity index (χ1n) is 18.1. The Kier molecular flexibility index (Phi) is 30.1. The Morgan fingerprint density at radius 2 is 1.15 bits per heavy atom. The van der Waals surface area contributed by atoms with Crippen LogP contribution in [0.5, 0.6) is 0 Å². The van der Waals surface area contributed by atoms with Gasteiger partial charge in [-0.25, -0.2) is 13.0 Å². The Morgan fingerprint density at radius 1 is 0.726 bits per heavy atom. The molecule has 2 heterocycles. The summed E-state index contributed by atoms with van der Waals surface area (Å²) in [5.41, 5.74) is 5.56. The Bertz CT molecular complexity index is 2510. The van der Waals surface area contributed by atoms with Crippen LogP contribution in [0.1, 0.15) is 52.1 Å². The molecular weight excluding hydrogens is 1100 g/mol. The molecule has 1 radical (unpaired) electrons. The zero-order valence-electron chi connectivity index (χ0n) is 35.0. The molecule has 0 N–H and O–H groups in total. The van der Waals surface area contributed by atoms with Crippen molar-refractivity contribution < 1.29 is 66.6 Å². The van der Waals surface area contributed by atoms with E-state index in [0.717, 1.165) is 57.1 Å². The summed E-state index contributed by atoms with van der Waals surface area (Å²) < 4.78 is 61.4. The third-order valence-corrected chi connectivity index (χ3v) is 8.45. The summed E-state index contributed by atoms with van der Waals surface area (Å²) in [5.74, 6) is 0.0335. The number of rotatable bonds is 9. The number of carbonyl (C=O) groups is 2. The maximum atomic E-state index is 12.0. The minimum absolute atomic E-state index is 0. The molecule has 0 amide bonds. The molecule has 0 atom stereocenters. The molecule has 6 rings (SSSR count). The predicted octanol–water partition coefficient (Wildman–Crippen LogP) is 9.74. The number of pyridine rings is 2. The fraction of sp³-hybridized carbons (Fsp3) is 0.178. The van der Waals surface area contributed by atoms with E-state index in [1.165, 1.54) is 5.52 Å². The Morgan fingerprint density at radius 3 is 1.56 bits per heavy atom. The minimum atomic E-state index is -4.41. The van der Waals surface area contributed by atoms with Gasteiger partial charge in [-0.05, 0) is 66.6 Å². The molecule has 331 valence electrons. The Labute approximate surface area is 405 Å². The van der Waals surface area contributed by atoms with Crippen molar-refractivity contribution in [3.8, 4) is 0 Å². The zero-order chi connectivity index (χ0) is 45.8. The van der Waals surface area contributed by atoms with Crippen LogP contribution in [0.4, 0.5) is 0 Å². The van der Waals surface area contributed by atoms with Crippen LogP contribution in [0.2, 0.25) is 0 Å². The van der Waals surface area contributed by atoms with Crippen LogP contribution in [0.15, 0.2) is 146 Å². The van der Waals surface area contributed by atoms with E-state index in [9.17, 15) is 31.0 Å². The molecule has 0 bridgehead atoms. The van der Waals surface area contributed by atoms with E-state index in [1.807, 2.05) is 135 Å². The molecule has 4 aromatic carbocycles. The largest absolute Gasteiger partial charge is 0.726 e. The van der Waals surface area contributed by atoms with Gasteiger partial charge in [-0.1, -0.05) is 137 Å². The number of halogens is 2. The van der Waals surface area contributed by atoms with Gasteiger partial charge in [0.25, 0.3) is 0 Å². The molecule has 62 heavy (non-hydrogen) atoms. The quantitative estimate of drug-likeness (QED) is 0.0197. The zero-order valence-corrected chi connectivity index (χ0v) is 42.3. The molecule has 17 heteroatoms. The van der Waals surface area contributed by atoms with Crippen LogP contribution in [0.3, 0.4) is 0 Å². The first kappa shape index (κ1) is 58.3. The van der Waals surface area contributed by atoms with E-state index >= 15 is 0 Å². The molecule has 0 fully saturated rings. The van der Waals surface area contributed by atoms with Gasteiger partial charge >= 0.3 is 10.4 Å². The predicted molar refractivity (Wildman–Crippen MR) is 259 cm³/mol. The second kappa shape index (κ2) is 32.0. The molecule has 0 aliphatic rings. The third kappa shape index (κ3) is 25.4. The van der Waals surface area contributed by atoms with Crippen molar-refractivity contribution in [1.82, 2.24) is 4.98 Å². The molecule has 0 aliphatic carbocycles. The number of nitrogens with zero attached hydrogens (tertiary/aromatic N) is 2. The number of ketones is 2. The average molecular weight is 1150 g/mol. The second-order valence-electron chi connectivity index (χ2n) is 11.9. The fourth-order valence-corrected chi connectivity index (χ4v) is 4.63. The van der Waals surface area contributed by atoms with Crippen molar-refractivity contribution in [2.24, 2.45) is 7.05 Å². The molecule has 0 saturated carbocycles. The third-order valence-electron chi connectivity index (χ3n) is 7.23. The number of aromatic nitrogens is 2. The molecular formula is C45H49I2N2O10S2V-. The van der Waals surface area contributed by atoms with E-state index in [2.05, 4.69) is 99.3 Å². The van der Waals surface area contributed by atoms with E-state index in [0.29, 0.717) is 11.1 Å². The summed E-state index contributed by atoms with van der Waals surface area (Å²) >= 11 is 4.66. The van der Waals surface area contributed by atoms with E-state index < -0.39 is 20.8 Å².